The van der Waals surface area contributed by atoms with Crippen LogP contribution in [0, 0.1) is 6.92 Å². The molecule has 0 amide bonds. The fourth-order valence-electron chi connectivity index (χ4n) is 3.05. The highest BCUT2D eigenvalue weighted by molar-refractivity contribution is 7.99. The Bertz CT molecular complexity index is 805. The Hall–Kier alpha value is -2.35. The highest BCUT2D eigenvalue weighted by Crippen LogP contribution is 2.36. The van der Waals surface area contributed by atoms with E-state index in [4.69, 9.17) is 15.9 Å². The molecule has 2 aromatic rings. The van der Waals surface area contributed by atoms with E-state index in [2.05, 4.69) is 60.8 Å². The molecule has 0 saturated carbocycles. The molecule has 1 heterocycles. The molecule has 3 rings (SSSR count). The van der Waals surface area contributed by atoms with Gasteiger partial charge >= 0.3 is 11.9 Å². The summed E-state index contributed by atoms with van der Waals surface area (Å²) in [5.74, 6) is -1.78. The molecule has 1 aliphatic rings. The number of piperidine rings is 1. The predicted molar refractivity (Wildman–Crippen MR) is 114 cm³/mol. The summed E-state index contributed by atoms with van der Waals surface area (Å²) in [5, 5.41) is 19.5. The third-order valence-electron chi connectivity index (χ3n) is 4.66. The zero-order chi connectivity index (χ0) is 21.2. The Morgan fingerprint density at radius 1 is 1.10 bits per heavy atom. The van der Waals surface area contributed by atoms with Gasteiger partial charge < -0.3 is 21.3 Å². The Labute approximate surface area is 175 Å². The van der Waals surface area contributed by atoms with Crippen molar-refractivity contribution in [2.75, 3.05) is 13.1 Å². The lowest BCUT2D eigenvalue weighted by atomic mass is 9.90. The van der Waals surface area contributed by atoms with Crippen LogP contribution < -0.4 is 11.1 Å². The van der Waals surface area contributed by atoms with Crippen LogP contribution in [-0.2, 0) is 9.59 Å². The lowest BCUT2D eigenvalue weighted by Gasteiger charge is -2.24. The van der Waals surface area contributed by atoms with Crippen molar-refractivity contribution in [3.63, 3.8) is 0 Å². The maximum Gasteiger partial charge on any atom is 0.321 e. The molecule has 0 aromatic heterocycles. The molecule has 2 aromatic carbocycles. The Morgan fingerprint density at radius 2 is 1.72 bits per heavy atom. The number of hydrogen-bond donors (Lipinski definition) is 4. The molecule has 7 heteroatoms. The summed E-state index contributed by atoms with van der Waals surface area (Å²) in [5.41, 5.74) is 7.68. The minimum Gasteiger partial charge on any atom is -0.481 e. The van der Waals surface area contributed by atoms with E-state index in [0.29, 0.717) is 5.92 Å². The maximum absolute atomic E-state index is 9.85. The van der Waals surface area contributed by atoms with Gasteiger partial charge in [0, 0.05) is 9.79 Å². The Balaban J connectivity index is 0.000000284. The zero-order valence-corrected chi connectivity index (χ0v) is 17.3. The van der Waals surface area contributed by atoms with Crippen molar-refractivity contribution in [1.82, 2.24) is 5.32 Å². The molecule has 1 saturated heterocycles. The van der Waals surface area contributed by atoms with Gasteiger partial charge in [0.1, 0.15) is 6.04 Å². The molecule has 1 fully saturated rings. The second kappa shape index (κ2) is 11.6. The molecular formula is C22H28N2O4S. The molecule has 1 aliphatic heterocycles. The van der Waals surface area contributed by atoms with E-state index in [-0.39, 0.29) is 0 Å². The standard InChI is InChI=1S/C18H21NS.C4H7NO4/c1-14-6-8-16(9-7-14)20-18-5-3-2-4-17(18)15-10-12-19-13-11-15;5-2(4(8)9)1-3(6)7/h2-9,15,19H,10-13H2,1H3;2H,1,5H2,(H,6,7)(H,8,9)/t;2-/m.0/s1. The van der Waals surface area contributed by atoms with Crippen LogP contribution in [0.1, 0.15) is 36.3 Å². The molecule has 1 atom stereocenters. The third-order valence-corrected chi connectivity index (χ3v) is 5.76. The number of nitrogens with two attached hydrogens (primary N) is 1. The molecule has 0 aliphatic carbocycles. The fraction of sp³-hybridized carbons (Fsp3) is 0.364. The van der Waals surface area contributed by atoms with Crippen LogP contribution in [-0.4, -0.2) is 41.3 Å². The van der Waals surface area contributed by atoms with Crippen molar-refractivity contribution >= 4 is 23.7 Å². The van der Waals surface area contributed by atoms with Crippen LogP contribution in [0.4, 0.5) is 0 Å². The Morgan fingerprint density at radius 3 is 2.28 bits per heavy atom. The van der Waals surface area contributed by atoms with E-state index in [1.165, 1.54) is 33.8 Å². The minimum absolute atomic E-state index is 0.532. The summed E-state index contributed by atoms with van der Waals surface area (Å²) in [7, 11) is 0. The first-order valence-electron chi connectivity index (χ1n) is 9.61. The van der Waals surface area contributed by atoms with Crippen molar-refractivity contribution in [2.45, 2.75) is 47.9 Å². The minimum atomic E-state index is -1.29. The highest BCUT2D eigenvalue weighted by Gasteiger charge is 2.18. The molecule has 0 spiro atoms. The number of rotatable bonds is 6. The quantitative estimate of drug-likeness (QED) is 0.570. The summed E-state index contributed by atoms with van der Waals surface area (Å²) in [4.78, 5) is 22.4. The van der Waals surface area contributed by atoms with Crippen molar-refractivity contribution in [2.24, 2.45) is 5.73 Å². The van der Waals surface area contributed by atoms with Gasteiger partial charge in [0.05, 0.1) is 6.42 Å². The van der Waals surface area contributed by atoms with Gasteiger partial charge in [-0.15, -0.1) is 0 Å². The monoisotopic (exact) mass is 416 g/mol. The molecule has 5 N–H and O–H groups in total. The number of nitrogens with one attached hydrogen (secondary N) is 1. The first-order valence-corrected chi connectivity index (χ1v) is 10.4. The maximum atomic E-state index is 9.85. The second-order valence-corrected chi connectivity index (χ2v) is 8.14. The van der Waals surface area contributed by atoms with Gasteiger partial charge in [0.15, 0.2) is 0 Å². The molecule has 0 unspecified atom stereocenters. The van der Waals surface area contributed by atoms with Crippen LogP contribution in [0.3, 0.4) is 0 Å². The van der Waals surface area contributed by atoms with Gasteiger partial charge in [-0.2, -0.15) is 0 Å². The predicted octanol–water partition coefficient (Wildman–Crippen LogP) is 3.49. The second-order valence-electron chi connectivity index (χ2n) is 7.02. The molecule has 6 nitrogen and oxygen atoms in total. The number of hydrogen-bond acceptors (Lipinski definition) is 5. The SMILES string of the molecule is Cc1ccc(Sc2ccccc2C2CCNCC2)cc1.N[C@@H](CC(=O)O)C(=O)O. The van der Waals surface area contributed by atoms with E-state index in [0.717, 1.165) is 13.1 Å². The van der Waals surface area contributed by atoms with Gasteiger partial charge in [-0.25, -0.2) is 0 Å². The summed E-state index contributed by atoms with van der Waals surface area (Å²) in [6.45, 7) is 4.43. The normalized spacial score (nSPS) is 15.1. The van der Waals surface area contributed by atoms with Gasteiger partial charge in [-0.05, 0) is 62.5 Å². The molecule has 0 radical (unpaired) electrons. The smallest absolute Gasteiger partial charge is 0.321 e. The summed E-state index contributed by atoms with van der Waals surface area (Å²) < 4.78 is 0. The number of benzene rings is 2. The number of aryl methyl sites for hydroxylation is 1. The average molecular weight is 417 g/mol. The van der Waals surface area contributed by atoms with Gasteiger partial charge in [0.25, 0.3) is 0 Å². The summed E-state index contributed by atoms with van der Waals surface area (Å²) in [6.07, 6.45) is 1.98. The van der Waals surface area contributed by atoms with Crippen molar-refractivity contribution in [3.8, 4) is 0 Å². The Kier molecular flexibility index (Phi) is 9.18. The number of carboxylic acid groups (broad SMARTS) is 2. The summed E-state index contributed by atoms with van der Waals surface area (Å²) >= 11 is 1.90. The summed E-state index contributed by atoms with van der Waals surface area (Å²) in [6, 6.07) is 16.4. The average Bonchev–Trinajstić information content (AvgIpc) is 2.71. The number of carbonyl (C=O) groups is 2. The van der Waals surface area contributed by atoms with E-state index in [9.17, 15) is 9.59 Å². The lowest BCUT2D eigenvalue weighted by Crippen LogP contribution is -2.32. The molecule has 156 valence electrons. The van der Waals surface area contributed by atoms with Crippen LogP contribution >= 0.6 is 11.8 Å². The zero-order valence-electron chi connectivity index (χ0n) is 16.5. The number of aliphatic carboxylic acids is 2. The van der Waals surface area contributed by atoms with Crippen LogP contribution in [0.2, 0.25) is 0 Å². The molecule has 0 bridgehead atoms. The third kappa shape index (κ3) is 7.89. The van der Waals surface area contributed by atoms with Gasteiger partial charge in [-0.1, -0.05) is 47.7 Å². The van der Waals surface area contributed by atoms with E-state index < -0.39 is 24.4 Å². The highest BCUT2D eigenvalue weighted by atomic mass is 32.2. The first kappa shape index (κ1) is 22.9. The van der Waals surface area contributed by atoms with Crippen molar-refractivity contribution in [3.05, 3.63) is 59.7 Å². The van der Waals surface area contributed by atoms with Gasteiger partial charge in [0.2, 0.25) is 0 Å². The van der Waals surface area contributed by atoms with Crippen molar-refractivity contribution < 1.29 is 19.8 Å². The van der Waals surface area contributed by atoms with Gasteiger partial charge in [-0.3, -0.25) is 9.59 Å². The van der Waals surface area contributed by atoms with E-state index >= 15 is 0 Å². The van der Waals surface area contributed by atoms with E-state index in [1.807, 2.05) is 11.8 Å². The van der Waals surface area contributed by atoms with Crippen LogP contribution in [0.5, 0.6) is 0 Å². The number of carboxylic acids is 2. The molecular weight excluding hydrogens is 388 g/mol. The topological polar surface area (TPSA) is 113 Å². The first-order chi connectivity index (χ1) is 13.9. The van der Waals surface area contributed by atoms with Crippen LogP contribution in [0.25, 0.3) is 0 Å². The van der Waals surface area contributed by atoms with Crippen LogP contribution in [0.15, 0.2) is 58.3 Å². The van der Waals surface area contributed by atoms with Crippen molar-refractivity contribution in [1.29, 1.82) is 0 Å². The fourth-order valence-corrected chi connectivity index (χ4v) is 4.08. The van der Waals surface area contributed by atoms with E-state index in [1.54, 1.807) is 0 Å². The largest absolute Gasteiger partial charge is 0.481 e. The lowest BCUT2D eigenvalue weighted by molar-refractivity contribution is -0.144. The molecule has 29 heavy (non-hydrogen) atoms.